The quantitative estimate of drug-likeness (QED) is 0.577. The fourth-order valence-corrected chi connectivity index (χ4v) is 1.55. The molecule has 1 aromatic rings. The van der Waals surface area contributed by atoms with E-state index in [4.69, 9.17) is 0 Å². The third-order valence-electron chi connectivity index (χ3n) is 1.40. The van der Waals surface area contributed by atoms with Crippen LogP contribution < -0.4 is 0 Å². The highest BCUT2D eigenvalue weighted by molar-refractivity contribution is 9.10. The van der Waals surface area contributed by atoms with Gasteiger partial charge in [-0.2, -0.15) is 0 Å². The zero-order valence-electron chi connectivity index (χ0n) is 8.62. The molecule has 0 unspecified atom stereocenters. The molecule has 0 atom stereocenters. The summed E-state index contributed by atoms with van der Waals surface area (Å²) in [4.78, 5) is 0. The van der Waals surface area contributed by atoms with Gasteiger partial charge < -0.3 is 0 Å². The maximum absolute atomic E-state index is 4.32. The third-order valence-corrected chi connectivity index (χ3v) is 2.69. The van der Waals surface area contributed by atoms with E-state index in [0.717, 1.165) is 10.0 Å². The first kappa shape index (κ1) is 11.8. The third kappa shape index (κ3) is 4.82. The molecule has 0 saturated carbocycles. The van der Waals surface area contributed by atoms with Gasteiger partial charge >= 0.3 is 0 Å². The largest absolute Gasteiger partial charge is 0.223 e. The van der Waals surface area contributed by atoms with E-state index in [1.807, 2.05) is 30.5 Å². The SMILES string of the molecule is CC(C)(C)S/N=C/c1ccc(Br)cc1. The van der Waals surface area contributed by atoms with E-state index in [0.29, 0.717) is 0 Å². The summed E-state index contributed by atoms with van der Waals surface area (Å²) < 4.78 is 5.60. The van der Waals surface area contributed by atoms with Gasteiger partial charge in [-0.1, -0.05) is 28.1 Å². The minimum Gasteiger partial charge on any atom is -0.223 e. The molecule has 1 nitrogen and oxygen atoms in total. The van der Waals surface area contributed by atoms with Crippen LogP contribution in [0, 0.1) is 0 Å². The second kappa shape index (κ2) is 4.99. The van der Waals surface area contributed by atoms with Crippen LogP contribution in [0.5, 0.6) is 0 Å². The summed E-state index contributed by atoms with van der Waals surface area (Å²) in [5, 5.41) is 0. The molecule has 0 aliphatic rings. The molecule has 0 saturated heterocycles. The molecule has 14 heavy (non-hydrogen) atoms. The Morgan fingerprint density at radius 1 is 1.21 bits per heavy atom. The molecule has 3 heteroatoms. The van der Waals surface area contributed by atoms with Crippen molar-refractivity contribution in [1.82, 2.24) is 0 Å². The van der Waals surface area contributed by atoms with Crippen molar-refractivity contribution in [3.63, 3.8) is 0 Å². The van der Waals surface area contributed by atoms with Crippen molar-refractivity contribution >= 4 is 34.1 Å². The van der Waals surface area contributed by atoms with Gasteiger partial charge in [0.05, 0.1) is 0 Å². The normalized spacial score (nSPS) is 12.3. The second-order valence-corrected chi connectivity index (χ2v) is 6.52. The summed E-state index contributed by atoms with van der Waals surface area (Å²) in [5.74, 6) is 0. The maximum Gasteiger partial charge on any atom is 0.0424 e. The molecule has 0 heterocycles. The second-order valence-electron chi connectivity index (χ2n) is 3.99. The van der Waals surface area contributed by atoms with Crippen LogP contribution in [0.1, 0.15) is 26.3 Å². The van der Waals surface area contributed by atoms with Gasteiger partial charge in [0.2, 0.25) is 0 Å². The molecule has 0 aromatic heterocycles. The van der Waals surface area contributed by atoms with Crippen LogP contribution >= 0.6 is 27.9 Å². The van der Waals surface area contributed by atoms with Gasteiger partial charge in [-0.3, -0.25) is 0 Å². The highest BCUT2D eigenvalue weighted by atomic mass is 79.9. The van der Waals surface area contributed by atoms with Gasteiger partial charge in [0.15, 0.2) is 0 Å². The molecule has 0 fully saturated rings. The Labute approximate surface area is 98.3 Å². The fraction of sp³-hybridized carbons (Fsp3) is 0.364. The van der Waals surface area contributed by atoms with Crippen molar-refractivity contribution in [3.05, 3.63) is 34.3 Å². The summed E-state index contributed by atoms with van der Waals surface area (Å²) in [5.41, 5.74) is 1.13. The Morgan fingerprint density at radius 2 is 1.79 bits per heavy atom. The van der Waals surface area contributed by atoms with Crippen LogP contribution in [0.3, 0.4) is 0 Å². The molecule has 0 N–H and O–H groups in total. The van der Waals surface area contributed by atoms with Gasteiger partial charge in [-0.15, -0.1) is 0 Å². The Hall–Kier alpha value is -0.280. The average Bonchev–Trinajstić information content (AvgIpc) is 2.06. The van der Waals surface area contributed by atoms with Gasteiger partial charge in [0, 0.05) is 15.4 Å². The molecule has 1 rings (SSSR count). The topological polar surface area (TPSA) is 12.4 Å². The van der Waals surface area contributed by atoms with E-state index >= 15 is 0 Å². The molecule has 76 valence electrons. The first-order valence-electron chi connectivity index (χ1n) is 4.44. The zero-order chi connectivity index (χ0) is 10.6. The van der Waals surface area contributed by atoms with Crippen LogP contribution in [-0.2, 0) is 0 Å². The molecule has 0 aliphatic heterocycles. The number of rotatable bonds is 2. The van der Waals surface area contributed by atoms with Crippen molar-refractivity contribution in [3.8, 4) is 0 Å². The van der Waals surface area contributed by atoms with Crippen LogP contribution in [0.2, 0.25) is 0 Å². The number of nitrogens with zero attached hydrogens (tertiary/aromatic N) is 1. The smallest absolute Gasteiger partial charge is 0.0424 e. The van der Waals surface area contributed by atoms with Gasteiger partial charge in [0.25, 0.3) is 0 Å². The lowest BCUT2D eigenvalue weighted by atomic mass is 10.2. The Morgan fingerprint density at radius 3 is 2.29 bits per heavy atom. The van der Waals surface area contributed by atoms with Crippen molar-refractivity contribution in [2.24, 2.45) is 4.40 Å². The molecule has 0 spiro atoms. The number of halogens is 1. The number of benzene rings is 1. The van der Waals surface area contributed by atoms with E-state index in [-0.39, 0.29) is 4.75 Å². The molecular formula is C11H14BrNS. The van der Waals surface area contributed by atoms with Crippen LogP contribution in [0.15, 0.2) is 33.1 Å². The summed E-state index contributed by atoms with van der Waals surface area (Å²) in [6.07, 6.45) is 1.89. The van der Waals surface area contributed by atoms with Crippen LogP contribution in [-0.4, -0.2) is 11.0 Å². The average molecular weight is 272 g/mol. The van der Waals surface area contributed by atoms with E-state index in [1.165, 1.54) is 0 Å². The highest BCUT2D eigenvalue weighted by Gasteiger charge is 2.08. The fourth-order valence-electron chi connectivity index (χ4n) is 0.794. The van der Waals surface area contributed by atoms with Crippen molar-refractivity contribution in [2.45, 2.75) is 25.5 Å². The van der Waals surface area contributed by atoms with E-state index in [2.05, 4.69) is 41.1 Å². The lowest BCUT2D eigenvalue weighted by Gasteiger charge is -2.12. The monoisotopic (exact) mass is 271 g/mol. The summed E-state index contributed by atoms with van der Waals surface area (Å²) in [7, 11) is 0. The van der Waals surface area contributed by atoms with E-state index < -0.39 is 0 Å². The molecular weight excluding hydrogens is 258 g/mol. The predicted molar refractivity (Wildman–Crippen MR) is 69.1 cm³/mol. The molecule has 0 bridgehead atoms. The van der Waals surface area contributed by atoms with E-state index in [1.54, 1.807) is 11.9 Å². The number of hydrogen-bond acceptors (Lipinski definition) is 2. The molecule has 0 radical (unpaired) electrons. The lowest BCUT2D eigenvalue weighted by molar-refractivity contribution is 0.804. The van der Waals surface area contributed by atoms with Crippen LogP contribution in [0.4, 0.5) is 0 Å². The van der Waals surface area contributed by atoms with Crippen molar-refractivity contribution in [2.75, 3.05) is 0 Å². The Kier molecular flexibility index (Phi) is 4.20. The van der Waals surface area contributed by atoms with Gasteiger partial charge in [0.1, 0.15) is 0 Å². The summed E-state index contributed by atoms with van der Waals surface area (Å²) in [6.45, 7) is 6.45. The van der Waals surface area contributed by atoms with Gasteiger partial charge in [-0.25, -0.2) is 4.40 Å². The molecule has 0 amide bonds. The first-order chi connectivity index (χ1) is 6.47. The minimum absolute atomic E-state index is 0.186. The van der Waals surface area contributed by atoms with Gasteiger partial charge in [-0.05, 0) is 50.4 Å². The summed E-state index contributed by atoms with van der Waals surface area (Å²) >= 11 is 4.99. The number of hydrogen-bond donors (Lipinski definition) is 0. The Balaban J connectivity index is 2.57. The Bertz CT molecular complexity index is 311. The van der Waals surface area contributed by atoms with Crippen LogP contribution in [0.25, 0.3) is 0 Å². The van der Waals surface area contributed by atoms with Crippen molar-refractivity contribution in [1.29, 1.82) is 0 Å². The lowest BCUT2D eigenvalue weighted by Crippen LogP contribution is -2.04. The predicted octanol–water partition coefficient (Wildman–Crippen LogP) is 4.31. The maximum atomic E-state index is 4.32. The van der Waals surface area contributed by atoms with Crippen molar-refractivity contribution < 1.29 is 0 Å². The summed E-state index contributed by atoms with van der Waals surface area (Å²) in [6, 6.07) is 8.11. The zero-order valence-corrected chi connectivity index (χ0v) is 11.0. The molecule has 0 aliphatic carbocycles. The first-order valence-corrected chi connectivity index (χ1v) is 6.01. The van der Waals surface area contributed by atoms with E-state index in [9.17, 15) is 0 Å². The standard InChI is InChI=1S/C11H14BrNS/c1-11(2,3)14-13-8-9-4-6-10(12)7-5-9/h4-8H,1-3H3/b13-8+. The molecule has 1 aromatic carbocycles. The highest BCUT2D eigenvalue weighted by Crippen LogP contribution is 2.23. The minimum atomic E-state index is 0.186.